The first kappa shape index (κ1) is 17.6. The summed E-state index contributed by atoms with van der Waals surface area (Å²) in [5, 5.41) is 2.90. The van der Waals surface area contributed by atoms with Gasteiger partial charge in [-0.2, -0.15) is 0 Å². The maximum Gasteiger partial charge on any atom is 0.227 e. The number of rotatable bonds is 5. The highest BCUT2D eigenvalue weighted by Crippen LogP contribution is 2.24. The molecule has 7 nitrogen and oxygen atoms in total. The molecule has 1 N–H and O–H groups in total. The summed E-state index contributed by atoms with van der Waals surface area (Å²) in [4.78, 5) is 16.3. The van der Waals surface area contributed by atoms with Crippen LogP contribution in [0.2, 0.25) is 0 Å². The zero-order valence-electron chi connectivity index (χ0n) is 14.0. The van der Waals surface area contributed by atoms with Gasteiger partial charge in [-0.05, 0) is 44.0 Å². The van der Waals surface area contributed by atoms with Crippen LogP contribution in [-0.4, -0.2) is 42.5 Å². The molecule has 1 fully saturated rings. The Kier molecular flexibility index (Phi) is 5.19. The zero-order chi connectivity index (χ0) is 17.9. The van der Waals surface area contributed by atoms with E-state index in [1.54, 1.807) is 13.1 Å². The fraction of sp³-hybridized carbons (Fsp3) is 0.412. The van der Waals surface area contributed by atoms with Crippen LogP contribution in [0.3, 0.4) is 0 Å². The van der Waals surface area contributed by atoms with E-state index in [4.69, 9.17) is 4.42 Å². The summed E-state index contributed by atoms with van der Waals surface area (Å²) in [5.41, 5.74) is 1.59. The van der Waals surface area contributed by atoms with Gasteiger partial charge in [-0.1, -0.05) is 0 Å². The molecule has 0 aliphatic carbocycles. The fourth-order valence-corrected chi connectivity index (χ4v) is 4.03. The van der Waals surface area contributed by atoms with Crippen molar-refractivity contribution in [3.05, 3.63) is 36.9 Å². The van der Waals surface area contributed by atoms with Crippen LogP contribution < -0.4 is 5.32 Å². The molecular formula is C17H21N3O4S. The van der Waals surface area contributed by atoms with Gasteiger partial charge in [0.1, 0.15) is 0 Å². The quantitative estimate of drug-likeness (QED) is 0.880. The van der Waals surface area contributed by atoms with Gasteiger partial charge in [0.05, 0.1) is 11.9 Å². The number of benzene rings is 1. The van der Waals surface area contributed by atoms with Crippen LogP contribution in [0.1, 0.15) is 19.8 Å². The fourth-order valence-electron chi connectivity index (χ4n) is 2.90. The van der Waals surface area contributed by atoms with Gasteiger partial charge >= 0.3 is 0 Å². The Labute approximate surface area is 147 Å². The van der Waals surface area contributed by atoms with Crippen LogP contribution in [0.5, 0.6) is 0 Å². The SMILES string of the molecule is CCS(=O)(=O)N1CCC(C(=O)Nc2ccc(-c3cnco3)cc2)CC1. The average molecular weight is 363 g/mol. The van der Waals surface area contributed by atoms with Crippen LogP contribution >= 0.6 is 0 Å². The molecule has 1 aliphatic heterocycles. The summed E-state index contributed by atoms with van der Waals surface area (Å²) in [6.07, 6.45) is 4.09. The van der Waals surface area contributed by atoms with E-state index in [2.05, 4.69) is 10.3 Å². The smallest absolute Gasteiger partial charge is 0.227 e. The molecule has 0 radical (unpaired) electrons. The van der Waals surface area contributed by atoms with E-state index in [-0.39, 0.29) is 17.6 Å². The molecule has 0 atom stereocenters. The highest BCUT2D eigenvalue weighted by atomic mass is 32.2. The van der Waals surface area contributed by atoms with Gasteiger partial charge in [0.2, 0.25) is 15.9 Å². The van der Waals surface area contributed by atoms with Crippen LogP contribution in [0.25, 0.3) is 11.3 Å². The summed E-state index contributed by atoms with van der Waals surface area (Å²) in [7, 11) is -3.17. The third-order valence-corrected chi connectivity index (χ3v) is 6.33. The number of nitrogens with one attached hydrogen (secondary N) is 1. The van der Waals surface area contributed by atoms with E-state index in [0.29, 0.717) is 37.4 Å². The predicted octanol–water partition coefficient (Wildman–Crippen LogP) is 2.34. The number of carbonyl (C=O) groups excluding carboxylic acids is 1. The number of oxazole rings is 1. The van der Waals surface area contributed by atoms with Gasteiger partial charge in [0, 0.05) is 30.3 Å². The highest BCUT2D eigenvalue weighted by Gasteiger charge is 2.30. The molecule has 2 aromatic rings. The number of sulfonamides is 1. The first-order valence-corrected chi connectivity index (χ1v) is 9.88. The van der Waals surface area contributed by atoms with E-state index in [1.165, 1.54) is 10.7 Å². The Morgan fingerprint density at radius 3 is 2.52 bits per heavy atom. The molecule has 1 amide bonds. The molecule has 25 heavy (non-hydrogen) atoms. The molecule has 0 spiro atoms. The van der Waals surface area contributed by atoms with E-state index in [9.17, 15) is 13.2 Å². The van der Waals surface area contributed by atoms with Crippen molar-refractivity contribution in [2.75, 3.05) is 24.2 Å². The molecule has 0 unspecified atom stereocenters. The van der Waals surface area contributed by atoms with Gasteiger partial charge in [0.25, 0.3) is 0 Å². The number of carbonyl (C=O) groups is 1. The molecule has 134 valence electrons. The van der Waals surface area contributed by atoms with Gasteiger partial charge in [-0.3, -0.25) is 4.79 Å². The van der Waals surface area contributed by atoms with Crippen molar-refractivity contribution in [3.63, 3.8) is 0 Å². The Morgan fingerprint density at radius 1 is 1.28 bits per heavy atom. The highest BCUT2D eigenvalue weighted by molar-refractivity contribution is 7.89. The second-order valence-corrected chi connectivity index (χ2v) is 8.26. The molecule has 1 aliphatic rings. The lowest BCUT2D eigenvalue weighted by atomic mass is 9.97. The predicted molar refractivity (Wildman–Crippen MR) is 94.3 cm³/mol. The molecular weight excluding hydrogens is 342 g/mol. The molecule has 8 heteroatoms. The second-order valence-electron chi connectivity index (χ2n) is 6.01. The Balaban J connectivity index is 1.56. The molecule has 0 saturated carbocycles. The van der Waals surface area contributed by atoms with E-state index in [0.717, 1.165) is 5.56 Å². The largest absolute Gasteiger partial charge is 0.444 e. The van der Waals surface area contributed by atoms with Gasteiger partial charge in [0.15, 0.2) is 12.2 Å². The number of amides is 1. The van der Waals surface area contributed by atoms with Gasteiger partial charge in [-0.25, -0.2) is 17.7 Å². The number of aromatic nitrogens is 1. The molecule has 1 aromatic heterocycles. The molecule has 0 bridgehead atoms. The Bertz CT molecular complexity index is 808. The lowest BCUT2D eigenvalue weighted by Crippen LogP contribution is -2.42. The normalized spacial score (nSPS) is 16.7. The average Bonchev–Trinajstić information content (AvgIpc) is 3.17. The summed E-state index contributed by atoms with van der Waals surface area (Å²) >= 11 is 0. The topological polar surface area (TPSA) is 92.5 Å². The van der Waals surface area contributed by atoms with E-state index < -0.39 is 10.0 Å². The number of hydrogen-bond acceptors (Lipinski definition) is 5. The third kappa shape index (κ3) is 4.08. The van der Waals surface area contributed by atoms with Crippen molar-refractivity contribution in [2.45, 2.75) is 19.8 Å². The summed E-state index contributed by atoms with van der Waals surface area (Å²) < 4.78 is 30.4. The van der Waals surface area contributed by atoms with Crippen molar-refractivity contribution in [1.82, 2.24) is 9.29 Å². The van der Waals surface area contributed by atoms with Crippen molar-refractivity contribution in [1.29, 1.82) is 0 Å². The molecule has 1 saturated heterocycles. The Morgan fingerprint density at radius 2 is 1.96 bits per heavy atom. The maximum atomic E-state index is 12.4. The zero-order valence-corrected chi connectivity index (χ0v) is 14.8. The summed E-state index contributed by atoms with van der Waals surface area (Å²) in [6, 6.07) is 7.33. The van der Waals surface area contributed by atoms with Crippen molar-refractivity contribution >= 4 is 21.6 Å². The second kappa shape index (κ2) is 7.37. The Hall–Kier alpha value is -2.19. The van der Waals surface area contributed by atoms with Gasteiger partial charge in [-0.15, -0.1) is 0 Å². The molecule has 3 rings (SSSR count). The molecule has 2 heterocycles. The minimum atomic E-state index is -3.17. The van der Waals surface area contributed by atoms with E-state index >= 15 is 0 Å². The van der Waals surface area contributed by atoms with Gasteiger partial charge < -0.3 is 9.73 Å². The standard InChI is InChI=1S/C17H21N3O4S/c1-2-25(22,23)20-9-7-14(8-10-20)17(21)19-15-5-3-13(4-6-15)16-11-18-12-24-16/h3-6,11-12,14H,2,7-10H2,1H3,(H,19,21). The minimum Gasteiger partial charge on any atom is -0.444 e. The minimum absolute atomic E-state index is 0.0686. The first-order chi connectivity index (χ1) is 12.0. The molecule has 1 aromatic carbocycles. The van der Waals surface area contributed by atoms with Crippen LogP contribution in [-0.2, 0) is 14.8 Å². The maximum absolute atomic E-state index is 12.4. The lowest BCUT2D eigenvalue weighted by Gasteiger charge is -2.30. The van der Waals surface area contributed by atoms with E-state index in [1.807, 2.05) is 24.3 Å². The first-order valence-electron chi connectivity index (χ1n) is 8.27. The van der Waals surface area contributed by atoms with Crippen molar-refractivity contribution < 1.29 is 17.6 Å². The lowest BCUT2D eigenvalue weighted by molar-refractivity contribution is -0.120. The third-order valence-electron chi connectivity index (χ3n) is 4.45. The van der Waals surface area contributed by atoms with Crippen molar-refractivity contribution in [2.24, 2.45) is 5.92 Å². The number of hydrogen-bond donors (Lipinski definition) is 1. The van der Waals surface area contributed by atoms with Crippen LogP contribution in [0, 0.1) is 5.92 Å². The monoisotopic (exact) mass is 363 g/mol. The number of piperidine rings is 1. The number of nitrogens with zero attached hydrogens (tertiary/aromatic N) is 2. The van der Waals surface area contributed by atoms with Crippen molar-refractivity contribution in [3.8, 4) is 11.3 Å². The summed E-state index contributed by atoms with van der Waals surface area (Å²) in [5.74, 6) is 0.530. The van der Waals surface area contributed by atoms with Crippen LogP contribution in [0.4, 0.5) is 5.69 Å². The number of anilines is 1. The summed E-state index contributed by atoms with van der Waals surface area (Å²) in [6.45, 7) is 2.44. The van der Waals surface area contributed by atoms with Crippen LogP contribution in [0.15, 0.2) is 41.3 Å².